The Balaban J connectivity index is 1.82. The predicted molar refractivity (Wildman–Crippen MR) is 84.6 cm³/mol. The minimum Gasteiger partial charge on any atom is -0.492 e. The summed E-state index contributed by atoms with van der Waals surface area (Å²) in [5, 5.41) is 4.27. The van der Waals surface area contributed by atoms with Crippen molar-refractivity contribution in [1.29, 1.82) is 0 Å². The fraction of sp³-hybridized carbons (Fsp3) is 0.625. The molecule has 1 aliphatic heterocycles. The van der Waals surface area contributed by atoms with Crippen LogP contribution in [-0.4, -0.2) is 43.7 Å². The molecule has 0 saturated carbocycles. The Kier molecular flexibility index (Phi) is 6.14. The van der Waals surface area contributed by atoms with Crippen molar-refractivity contribution in [3.8, 4) is 5.75 Å². The van der Waals surface area contributed by atoms with Gasteiger partial charge in [0.2, 0.25) is 0 Å². The highest BCUT2D eigenvalue weighted by Gasteiger charge is 2.23. The monoisotopic (exact) mass is 296 g/mol. The molecule has 0 amide bonds. The minimum atomic E-state index is 0.603. The number of nitrogens with one attached hydrogen (secondary N) is 1. The first kappa shape index (κ1) is 15.6. The van der Waals surface area contributed by atoms with Gasteiger partial charge in [-0.3, -0.25) is 4.90 Å². The van der Waals surface area contributed by atoms with E-state index in [1.165, 1.54) is 6.42 Å². The SMILES string of the molecule is CC(C)C1CNCCCN1CCOc1ccc(Cl)cc1. The number of benzene rings is 1. The Hall–Kier alpha value is -0.770. The van der Waals surface area contributed by atoms with Crippen molar-refractivity contribution in [2.45, 2.75) is 26.3 Å². The molecule has 1 fully saturated rings. The summed E-state index contributed by atoms with van der Waals surface area (Å²) >= 11 is 5.87. The molecule has 112 valence electrons. The lowest BCUT2D eigenvalue weighted by molar-refractivity contribution is 0.138. The molecule has 1 aromatic rings. The fourth-order valence-electron chi connectivity index (χ4n) is 2.70. The van der Waals surface area contributed by atoms with Crippen LogP contribution in [-0.2, 0) is 0 Å². The van der Waals surface area contributed by atoms with Gasteiger partial charge in [0.15, 0.2) is 0 Å². The van der Waals surface area contributed by atoms with Gasteiger partial charge < -0.3 is 10.1 Å². The maximum Gasteiger partial charge on any atom is 0.119 e. The van der Waals surface area contributed by atoms with Crippen molar-refractivity contribution >= 4 is 11.6 Å². The average Bonchev–Trinajstić information content (AvgIpc) is 2.66. The number of nitrogens with zero attached hydrogens (tertiary/aromatic N) is 1. The van der Waals surface area contributed by atoms with E-state index in [1.807, 2.05) is 24.3 Å². The van der Waals surface area contributed by atoms with E-state index < -0.39 is 0 Å². The van der Waals surface area contributed by atoms with Crippen molar-refractivity contribution in [1.82, 2.24) is 10.2 Å². The Morgan fingerprint density at radius 2 is 2.10 bits per heavy atom. The lowest BCUT2D eigenvalue weighted by atomic mass is 10.0. The number of hydrogen-bond acceptors (Lipinski definition) is 3. The van der Waals surface area contributed by atoms with Crippen LogP contribution < -0.4 is 10.1 Å². The molecule has 1 heterocycles. The van der Waals surface area contributed by atoms with Crippen molar-refractivity contribution < 1.29 is 4.74 Å². The van der Waals surface area contributed by atoms with E-state index >= 15 is 0 Å². The van der Waals surface area contributed by atoms with E-state index in [0.717, 1.165) is 43.6 Å². The zero-order chi connectivity index (χ0) is 14.4. The van der Waals surface area contributed by atoms with Gasteiger partial charge >= 0.3 is 0 Å². The molecular weight excluding hydrogens is 272 g/mol. The van der Waals surface area contributed by atoms with Crippen molar-refractivity contribution in [3.05, 3.63) is 29.3 Å². The van der Waals surface area contributed by atoms with Gasteiger partial charge in [-0.2, -0.15) is 0 Å². The van der Waals surface area contributed by atoms with Crippen LogP contribution in [0.3, 0.4) is 0 Å². The van der Waals surface area contributed by atoms with E-state index in [1.54, 1.807) is 0 Å². The molecule has 0 spiro atoms. The molecule has 0 aliphatic carbocycles. The molecule has 0 radical (unpaired) electrons. The van der Waals surface area contributed by atoms with Gasteiger partial charge in [0, 0.05) is 24.2 Å². The lowest BCUT2D eigenvalue weighted by Gasteiger charge is -2.32. The lowest BCUT2D eigenvalue weighted by Crippen LogP contribution is -2.45. The maximum absolute atomic E-state index is 5.87. The van der Waals surface area contributed by atoms with Crippen molar-refractivity contribution in [3.63, 3.8) is 0 Å². The topological polar surface area (TPSA) is 24.5 Å². The molecule has 1 aromatic carbocycles. The van der Waals surface area contributed by atoms with Gasteiger partial charge in [-0.25, -0.2) is 0 Å². The van der Waals surface area contributed by atoms with Crippen LogP contribution >= 0.6 is 11.6 Å². The summed E-state index contributed by atoms with van der Waals surface area (Å²) in [6, 6.07) is 8.18. The van der Waals surface area contributed by atoms with E-state index in [9.17, 15) is 0 Å². The van der Waals surface area contributed by atoms with Gasteiger partial charge in [-0.05, 0) is 49.7 Å². The van der Waals surface area contributed by atoms with Crippen molar-refractivity contribution in [2.24, 2.45) is 5.92 Å². The molecule has 1 aliphatic rings. The highest BCUT2D eigenvalue weighted by molar-refractivity contribution is 6.30. The summed E-state index contributed by atoms with van der Waals surface area (Å²) in [5.41, 5.74) is 0. The molecule has 1 N–H and O–H groups in total. The molecular formula is C16H25ClN2O. The molecule has 0 aromatic heterocycles. The highest BCUT2D eigenvalue weighted by atomic mass is 35.5. The molecule has 3 nitrogen and oxygen atoms in total. The third-order valence-electron chi connectivity index (χ3n) is 3.85. The number of halogens is 1. The largest absolute Gasteiger partial charge is 0.492 e. The van der Waals surface area contributed by atoms with Crippen LogP contribution in [0.25, 0.3) is 0 Å². The minimum absolute atomic E-state index is 0.603. The zero-order valence-corrected chi connectivity index (χ0v) is 13.2. The molecule has 4 heteroatoms. The van der Waals surface area contributed by atoms with Crippen LogP contribution in [0.5, 0.6) is 5.75 Å². The van der Waals surface area contributed by atoms with Gasteiger partial charge in [-0.1, -0.05) is 25.4 Å². The third-order valence-corrected chi connectivity index (χ3v) is 4.10. The summed E-state index contributed by atoms with van der Waals surface area (Å²) < 4.78 is 5.81. The van der Waals surface area contributed by atoms with Gasteiger partial charge in [0.1, 0.15) is 12.4 Å². The van der Waals surface area contributed by atoms with Crippen LogP contribution in [0.2, 0.25) is 5.02 Å². The second kappa shape index (κ2) is 7.87. The molecule has 2 rings (SSSR count). The molecule has 1 saturated heterocycles. The van der Waals surface area contributed by atoms with Gasteiger partial charge in [0.25, 0.3) is 0 Å². The predicted octanol–water partition coefficient (Wildman–Crippen LogP) is 3.04. The normalized spacial score (nSPS) is 20.9. The maximum atomic E-state index is 5.87. The van der Waals surface area contributed by atoms with Crippen LogP contribution in [0.15, 0.2) is 24.3 Å². The van der Waals surface area contributed by atoms with Crippen LogP contribution in [0.4, 0.5) is 0 Å². The Bertz CT molecular complexity index is 394. The first-order valence-corrected chi connectivity index (χ1v) is 7.88. The molecule has 20 heavy (non-hydrogen) atoms. The second-order valence-electron chi connectivity index (χ2n) is 5.71. The third kappa shape index (κ3) is 4.65. The van der Waals surface area contributed by atoms with Gasteiger partial charge in [-0.15, -0.1) is 0 Å². The second-order valence-corrected chi connectivity index (χ2v) is 6.14. The van der Waals surface area contributed by atoms with E-state index in [0.29, 0.717) is 12.0 Å². The van der Waals surface area contributed by atoms with Crippen LogP contribution in [0.1, 0.15) is 20.3 Å². The van der Waals surface area contributed by atoms with Crippen molar-refractivity contribution in [2.75, 3.05) is 32.8 Å². The van der Waals surface area contributed by atoms with Crippen LogP contribution in [0, 0.1) is 5.92 Å². The number of hydrogen-bond donors (Lipinski definition) is 1. The standard InChI is InChI=1S/C16H25ClN2O/c1-13(2)16-12-18-8-3-9-19(16)10-11-20-15-6-4-14(17)5-7-15/h4-7,13,16,18H,3,8-12H2,1-2H3. The van der Waals surface area contributed by atoms with E-state index in [2.05, 4.69) is 24.1 Å². The molecule has 1 atom stereocenters. The number of rotatable bonds is 5. The number of ether oxygens (including phenoxy) is 1. The summed E-state index contributed by atoms with van der Waals surface area (Å²) in [6.45, 7) is 9.66. The first-order chi connectivity index (χ1) is 9.66. The average molecular weight is 297 g/mol. The summed E-state index contributed by atoms with van der Waals surface area (Å²) in [6.07, 6.45) is 1.21. The Morgan fingerprint density at radius 1 is 1.35 bits per heavy atom. The summed E-state index contributed by atoms with van der Waals surface area (Å²) in [7, 11) is 0. The quantitative estimate of drug-likeness (QED) is 0.904. The summed E-state index contributed by atoms with van der Waals surface area (Å²) in [5.74, 6) is 1.56. The smallest absolute Gasteiger partial charge is 0.119 e. The zero-order valence-electron chi connectivity index (χ0n) is 12.4. The van der Waals surface area contributed by atoms with Gasteiger partial charge in [0.05, 0.1) is 0 Å². The Morgan fingerprint density at radius 3 is 2.80 bits per heavy atom. The van der Waals surface area contributed by atoms with E-state index in [4.69, 9.17) is 16.3 Å². The molecule has 1 unspecified atom stereocenters. The Labute approximate surface area is 127 Å². The highest BCUT2D eigenvalue weighted by Crippen LogP contribution is 2.16. The summed E-state index contributed by atoms with van der Waals surface area (Å²) in [4.78, 5) is 2.56. The molecule has 0 bridgehead atoms. The van der Waals surface area contributed by atoms with E-state index in [-0.39, 0.29) is 0 Å². The first-order valence-electron chi connectivity index (χ1n) is 7.50. The fourth-order valence-corrected chi connectivity index (χ4v) is 2.82.